The molecule has 0 saturated heterocycles. The maximum absolute atomic E-state index is 12.8. The molecule has 4 rings (SSSR count). The second-order valence-electron chi connectivity index (χ2n) is 6.81. The molecule has 23 heavy (non-hydrogen) atoms. The van der Waals surface area contributed by atoms with Crippen LogP contribution >= 0.6 is 0 Å². The Kier molecular flexibility index (Phi) is 3.60. The van der Waals surface area contributed by atoms with Gasteiger partial charge in [0.2, 0.25) is 5.95 Å². The number of nitrogens with one attached hydrogen (secondary N) is 1. The Labute approximate surface area is 134 Å². The molecule has 2 aromatic rings. The second kappa shape index (κ2) is 5.63. The number of fused-ring (bicyclic) bond motifs is 1. The highest BCUT2D eigenvalue weighted by Gasteiger charge is 2.27. The summed E-state index contributed by atoms with van der Waals surface area (Å²) < 4.78 is 3.55. The quantitative estimate of drug-likeness (QED) is 0.897. The Hall–Kier alpha value is -1.89. The Morgan fingerprint density at radius 2 is 2.00 bits per heavy atom. The maximum atomic E-state index is 12.8. The first kappa shape index (κ1) is 14.7. The van der Waals surface area contributed by atoms with Crippen molar-refractivity contribution >= 4 is 17.1 Å². The van der Waals surface area contributed by atoms with Crippen molar-refractivity contribution in [1.29, 1.82) is 0 Å². The Morgan fingerprint density at radius 1 is 1.22 bits per heavy atom. The van der Waals surface area contributed by atoms with E-state index in [1.165, 1.54) is 12.8 Å². The van der Waals surface area contributed by atoms with Crippen LogP contribution in [-0.4, -0.2) is 36.4 Å². The molecule has 0 spiro atoms. The predicted octanol–water partition coefficient (Wildman–Crippen LogP) is 1.57. The Morgan fingerprint density at radius 3 is 2.70 bits per heavy atom. The fourth-order valence-electron chi connectivity index (χ4n) is 3.93. The van der Waals surface area contributed by atoms with E-state index in [0.29, 0.717) is 23.2 Å². The van der Waals surface area contributed by atoms with Gasteiger partial charge in [0.15, 0.2) is 11.2 Å². The molecule has 0 aromatic carbocycles. The molecule has 0 radical (unpaired) electrons. The first-order valence-corrected chi connectivity index (χ1v) is 8.53. The lowest BCUT2D eigenvalue weighted by Crippen LogP contribution is -2.32. The van der Waals surface area contributed by atoms with Gasteiger partial charge in [0.1, 0.15) is 0 Å². The first-order chi connectivity index (χ1) is 11.1. The molecule has 2 aromatic heterocycles. The number of hydrogen-bond donors (Lipinski definition) is 2. The first-order valence-electron chi connectivity index (χ1n) is 8.53. The molecule has 7 nitrogen and oxygen atoms in total. The normalized spacial score (nSPS) is 25.5. The molecule has 2 saturated carbocycles. The number of aliphatic hydroxyl groups excluding tert-OH is 1. The summed E-state index contributed by atoms with van der Waals surface area (Å²) in [6, 6.07) is 0.326. The van der Waals surface area contributed by atoms with E-state index in [1.54, 1.807) is 17.9 Å². The minimum atomic E-state index is -0.376. The van der Waals surface area contributed by atoms with Crippen LogP contribution in [0.15, 0.2) is 11.1 Å². The molecule has 2 fully saturated rings. The van der Waals surface area contributed by atoms with Crippen molar-refractivity contribution in [3.63, 3.8) is 0 Å². The lowest BCUT2D eigenvalue weighted by Gasteiger charge is -2.19. The average Bonchev–Trinajstić information content (AvgIpc) is 3.25. The van der Waals surface area contributed by atoms with Crippen LogP contribution in [0.2, 0.25) is 0 Å². The number of anilines is 1. The number of aromatic nitrogens is 4. The van der Waals surface area contributed by atoms with E-state index in [-0.39, 0.29) is 17.7 Å². The van der Waals surface area contributed by atoms with Gasteiger partial charge >= 0.3 is 0 Å². The third-order valence-electron chi connectivity index (χ3n) is 5.32. The molecule has 2 aliphatic rings. The zero-order chi connectivity index (χ0) is 16.0. The monoisotopic (exact) mass is 317 g/mol. The van der Waals surface area contributed by atoms with Crippen LogP contribution in [-0.2, 0) is 7.05 Å². The van der Waals surface area contributed by atoms with Crippen LogP contribution in [0, 0.1) is 0 Å². The van der Waals surface area contributed by atoms with Gasteiger partial charge in [0.05, 0.1) is 18.5 Å². The van der Waals surface area contributed by atoms with Crippen molar-refractivity contribution in [3.8, 4) is 0 Å². The number of imidazole rings is 1. The van der Waals surface area contributed by atoms with Gasteiger partial charge in [-0.3, -0.25) is 9.36 Å². The minimum absolute atomic E-state index is 0.0394. The minimum Gasteiger partial charge on any atom is -0.391 e. The maximum Gasteiger partial charge on any atom is 0.280 e. The van der Waals surface area contributed by atoms with E-state index in [0.717, 1.165) is 32.1 Å². The number of hydrogen-bond acceptors (Lipinski definition) is 5. The second-order valence-corrected chi connectivity index (χ2v) is 6.81. The topological polar surface area (TPSA) is 85.0 Å². The van der Waals surface area contributed by atoms with Gasteiger partial charge in [-0.2, -0.15) is 4.98 Å². The largest absolute Gasteiger partial charge is 0.391 e. The summed E-state index contributed by atoms with van der Waals surface area (Å²) in [4.78, 5) is 21.7. The molecule has 2 atom stereocenters. The molecule has 0 bridgehead atoms. The van der Waals surface area contributed by atoms with Crippen LogP contribution in [0.4, 0.5) is 5.95 Å². The average molecular weight is 317 g/mol. The van der Waals surface area contributed by atoms with E-state index in [4.69, 9.17) is 0 Å². The van der Waals surface area contributed by atoms with E-state index in [2.05, 4.69) is 15.3 Å². The van der Waals surface area contributed by atoms with E-state index >= 15 is 0 Å². The summed E-state index contributed by atoms with van der Waals surface area (Å²) in [5.41, 5.74) is 1.02. The predicted molar refractivity (Wildman–Crippen MR) is 87.5 cm³/mol. The van der Waals surface area contributed by atoms with Crippen molar-refractivity contribution in [1.82, 2.24) is 19.1 Å². The van der Waals surface area contributed by atoms with Crippen LogP contribution in [0.1, 0.15) is 51.0 Å². The summed E-state index contributed by atoms with van der Waals surface area (Å²) in [5.74, 6) is 0.491. The van der Waals surface area contributed by atoms with E-state index in [9.17, 15) is 9.90 Å². The van der Waals surface area contributed by atoms with Crippen LogP contribution in [0.5, 0.6) is 0 Å². The smallest absolute Gasteiger partial charge is 0.280 e. The summed E-state index contributed by atoms with van der Waals surface area (Å²) in [7, 11) is 1.73. The molecular formula is C16H23N5O2. The zero-order valence-electron chi connectivity index (χ0n) is 13.4. The number of nitrogens with zero attached hydrogens (tertiary/aromatic N) is 4. The van der Waals surface area contributed by atoms with Crippen molar-refractivity contribution in [2.75, 3.05) is 5.32 Å². The van der Waals surface area contributed by atoms with E-state index < -0.39 is 0 Å². The van der Waals surface area contributed by atoms with Crippen molar-refractivity contribution in [2.45, 2.75) is 63.1 Å². The molecule has 2 N–H and O–H groups in total. The van der Waals surface area contributed by atoms with Gasteiger partial charge < -0.3 is 15.0 Å². The zero-order valence-corrected chi connectivity index (χ0v) is 13.4. The number of aliphatic hydroxyl groups is 1. The molecule has 2 aliphatic carbocycles. The summed E-state index contributed by atoms with van der Waals surface area (Å²) in [5, 5.41) is 13.2. The van der Waals surface area contributed by atoms with Gasteiger partial charge in [-0.05, 0) is 32.1 Å². The van der Waals surface area contributed by atoms with Crippen LogP contribution in [0.3, 0.4) is 0 Å². The third kappa shape index (κ3) is 2.43. The summed E-state index contributed by atoms with van der Waals surface area (Å²) >= 11 is 0. The summed E-state index contributed by atoms with van der Waals surface area (Å²) in [6.45, 7) is 0. The highest BCUT2D eigenvalue weighted by Crippen LogP contribution is 2.31. The van der Waals surface area contributed by atoms with Gasteiger partial charge in [0.25, 0.3) is 5.56 Å². The summed E-state index contributed by atoms with van der Waals surface area (Å²) in [6.07, 6.45) is 8.67. The SMILES string of the molecule is Cn1c(N[C@@H]2CCC[C@H]2O)nc2ncn(C3CCCC3)c2c1=O. The van der Waals surface area contributed by atoms with Crippen molar-refractivity contribution < 1.29 is 5.11 Å². The van der Waals surface area contributed by atoms with Crippen molar-refractivity contribution in [3.05, 3.63) is 16.7 Å². The van der Waals surface area contributed by atoms with Gasteiger partial charge in [0, 0.05) is 13.1 Å². The van der Waals surface area contributed by atoms with Gasteiger partial charge in [-0.25, -0.2) is 4.98 Å². The standard InChI is InChI=1S/C16H23N5O2/c1-20-15(23)13-14(17-9-21(13)10-5-2-3-6-10)19-16(20)18-11-7-4-8-12(11)22/h9-12,22H,2-8H2,1H3,(H,18,19)/t11-,12-/m1/s1. The van der Waals surface area contributed by atoms with E-state index in [1.807, 2.05) is 4.57 Å². The molecule has 124 valence electrons. The van der Waals surface area contributed by atoms with Crippen LogP contribution in [0.25, 0.3) is 11.2 Å². The highest BCUT2D eigenvalue weighted by atomic mass is 16.3. The molecule has 0 amide bonds. The molecule has 0 unspecified atom stereocenters. The van der Waals surface area contributed by atoms with Gasteiger partial charge in [-0.1, -0.05) is 12.8 Å². The lowest BCUT2D eigenvalue weighted by atomic mass is 10.2. The van der Waals surface area contributed by atoms with Crippen LogP contribution < -0.4 is 10.9 Å². The lowest BCUT2D eigenvalue weighted by molar-refractivity contribution is 0.171. The third-order valence-corrected chi connectivity index (χ3v) is 5.32. The Balaban J connectivity index is 1.74. The fraction of sp³-hybridized carbons (Fsp3) is 0.688. The number of rotatable bonds is 3. The Bertz CT molecular complexity index is 775. The highest BCUT2D eigenvalue weighted by molar-refractivity contribution is 5.71. The molecular weight excluding hydrogens is 294 g/mol. The molecule has 0 aliphatic heterocycles. The molecule has 7 heteroatoms. The fourth-order valence-corrected chi connectivity index (χ4v) is 3.93. The van der Waals surface area contributed by atoms with Crippen molar-refractivity contribution in [2.24, 2.45) is 7.05 Å². The molecule has 2 heterocycles. The van der Waals surface area contributed by atoms with Gasteiger partial charge in [-0.15, -0.1) is 0 Å².